The Morgan fingerprint density at radius 1 is 1.10 bits per heavy atom. The van der Waals surface area contributed by atoms with Gasteiger partial charge in [0, 0.05) is 30.3 Å². The molecule has 2 N–H and O–H groups in total. The maximum absolute atomic E-state index is 12.7. The maximum atomic E-state index is 12.7. The minimum atomic E-state index is -3.77. The number of nitrogens with one attached hydrogen (secondary N) is 2. The number of ether oxygens (including phenoxy) is 1. The molecule has 158 valence electrons. The summed E-state index contributed by atoms with van der Waals surface area (Å²) in [6.45, 7) is 0.631. The molecule has 0 radical (unpaired) electrons. The molecule has 0 unspecified atom stereocenters. The number of nitrogens with zero attached hydrogens (tertiary/aromatic N) is 1. The Labute approximate surface area is 176 Å². The minimum absolute atomic E-state index is 0.0703. The molecule has 0 spiro atoms. The molecule has 0 bridgehead atoms. The van der Waals surface area contributed by atoms with E-state index in [4.69, 9.17) is 4.74 Å². The normalized spacial score (nSPS) is 14.6. The summed E-state index contributed by atoms with van der Waals surface area (Å²) in [6, 6.07) is 13.5. The number of hydrogen-bond donors (Lipinski definition) is 2. The van der Waals surface area contributed by atoms with Gasteiger partial charge in [-0.05, 0) is 43.2 Å². The molecule has 1 aliphatic rings. The molecule has 0 saturated carbocycles. The molecule has 3 rings (SSSR count). The molecule has 30 heavy (non-hydrogen) atoms. The average Bonchev–Trinajstić information content (AvgIpc) is 3.01. The number of aliphatic imine (C=N–C) groups is 1. The van der Waals surface area contributed by atoms with Crippen LogP contribution in [0.2, 0.25) is 0 Å². The van der Waals surface area contributed by atoms with Crippen molar-refractivity contribution in [1.82, 2.24) is 4.72 Å². The van der Waals surface area contributed by atoms with Crippen LogP contribution in [-0.4, -0.2) is 33.8 Å². The maximum Gasteiger partial charge on any atom is 0.262 e. The molecular weight excluding hydrogens is 402 g/mol. The number of hydrogen-bond acceptors (Lipinski definition) is 5. The molecule has 0 fully saturated rings. The molecule has 2 aromatic carbocycles. The summed E-state index contributed by atoms with van der Waals surface area (Å²) in [4.78, 5) is 16.7. The predicted molar refractivity (Wildman–Crippen MR) is 118 cm³/mol. The van der Waals surface area contributed by atoms with Gasteiger partial charge in [-0.2, -0.15) is 0 Å². The Morgan fingerprint density at radius 3 is 2.77 bits per heavy atom. The van der Waals surface area contributed by atoms with Crippen LogP contribution >= 0.6 is 0 Å². The highest BCUT2D eigenvalue weighted by atomic mass is 32.2. The number of amidine groups is 1. The van der Waals surface area contributed by atoms with Crippen LogP contribution in [0.1, 0.15) is 31.2 Å². The van der Waals surface area contributed by atoms with Crippen LogP contribution in [0.25, 0.3) is 6.08 Å². The molecule has 0 aromatic heterocycles. The number of methoxy groups -OCH3 is 1. The summed E-state index contributed by atoms with van der Waals surface area (Å²) in [5, 5.41) is 2.69. The molecule has 0 atom stereocenters. The zero-order valence-corrected chi connectivity index (χ0v) is 17.6. The monoisotopic (exact) mass is 427 g/mol. The quantitative estimate of drug-likeness (QED) is 0.689. The number of benzene rings is 2. The van der Waals surface area contributed by atoms with Gasteiger partial charge in [-0.25, -0.2) is 8.42 Å². The Balaban J connectivity index is 1.69. The topological polar surface area (TPSA) is 96.9 Å². The number of carbonyl (C=O) groups is 1. The first-order valence-corrected chi connectivity index (χ1v) is 11.2. The lowest BCUT2D eigenvalue weighted by molar-refractivity contribution is -0.111. The van der Waals surface area contributed by atoms with Gasteiger partial charge in [-0.15, -0.1) is 0 Å². The average molecular weight is 428 g/mol. The van der Waals surface area contributed by atoms with E-state index in [-0.39, 0.29) is 10.8 Å². The van der Waals surface area contributed by atoms with Gasteiger partial charge in [-0.3, -0.25) is 14.5 Å². The van der Waals surface area contributed by atoms with Crippen molar-refractivity contribution in [1.29, 1.82) is 0 Å². The van der Waals surface area contributed by atoms with Gasteiger partial charge in [-0.1, -0.05) is 30.7 Å². The van der Waals surface area contributed by atoms with Crippen molar-refractivity contribution in [3.8, 4) is 5.75 Å². The third kappa shape index (κ3) is 5.93. The van der Waals surface area contributed by atoms with E-state index >= 15 is 0 Å². The van der Waals surface area contributed by atoms with Crippen LogP contribution in [0.15, 0.2) is 64.5 Å². The third-order valence-electron chi connectivity index (χ3n) is 4.59. The highest BCUT2D eigenvalue weighted by molar-refractivity contribution is 7.90. The molecule has 7 nitrogen and oxygen atoms in total. The van der Waals surface area contributed by atoms with E-state index in [1.54, 1.807) is 31.4 Å². The van der Waals surface area contributed by atoms with E-state index in [1.165, 1.54) is 18.2 Å². The summed E-state index contributed by atoms with van der Waals surface area (Å²) in [5.74, 6) is 0.764. The van der Waals surface area contributed by atoms with E-state index in [9.17, 15) is 13.2 Å². The lowest BCUT2D eigenvalue weighted by atomic mass is 10.2. The fourth-order valence-corrected chi connectivity index (χ4v) is 4.20. The smallest absolute Gasteiger partial charge is 0.262 e. The zero-order chi connectivity index (χ0) is 21.4. The fourth-order valence-electron chi connectivity index (χ4n) is 3.07. The van der Waals surface area contributed by atoms with Crippen molar-refractivity contribution < 1.29 is 17.9 Å². The zero-order valence-electron chi connectivity index (χ0n) is 16.8. The minimum Gasteiger partial charge on any atom is -0.496 e. The Kier molecular flexibility index (Phi) is 7.24. The number of carbonyl (C=O) groups excluding carboxylic acids is 1. The van der Waals surface area contributed by atoms with E-state index in [1.807, 2.05) is 18.2 Å². The fraction of sp³-hybridized carbons (Fsp3) is 0.273. The largest absolute Gasteiger partial charge is 0.496 e. The lowest BCUT2D eigenvalue weighted by Crippen LogP contribution is -2.30. The van der Waals surface area contributed by atoms with E-state index in [0.717, 1.165) is 24.8 Å². The summed E-state index contributed by atoms with van der Waals surface area (Å²) < 4.78 is 33.2. The van der Waals surface area contributed by atoms with Crippen LogP contribution in [0.4, 0.5) is 5.69 Å². The molecular formula is C22H25N3O4S. The second-order valence-electron chi connectivity index (χ2n) is 6.84. The van der Waals surface area contributed by atoms with E-state index in [2.05, 4.69) is 15.0 Å². The van der Waals surface area contributed by atoms with E-state index in [0.29, 0.717) is 30.2 Å². The first-order chi connectivity index (χ1) is 14.5. The first-order valence-electron chi connectivity index (χ1n) is 9.76. The Bertz CT molecular complexity index is 1060. The van der Waals surface area contributed by atoms with Crippen molar-refractivity contribution in [3.05, 3.63) is 60.2 Å². The molecule has 1 amide bonds. The molecule has 0 saturated heterocycles. The lowest BCUT2D eigenvalue weighted by Gasteiger charge is -2.11. The van der Waals surface area contributed by atoms with Gasteiger partial charge < -0.3 is 10.1 Å². The Hall–Kier alpha value is -3.13. The molecule has 8 heteroatoms. The van der Waals surface area contributed by atoms with Crippen molar-refractivity contribution in [2.24, 2.45) is 4.99 Å². The van der Waals surface area contributed by atoms with Gasteiger partial charge in [0.15, 0.2) is 0 Å². The second kappa shape index (κ2) is 10.1. The molecule has 1 aliphatic heterocycles. The summed E-state index contributed by atoms with van der Waals surface area (Å²) in [5.41, 5.74) is 1.15. The molecule has 2 aromatic rings. The van der Waals surface area contributed by atoms with Crippen molar-refractivity contribution in [3.63, 3.8) is 0 Å². The SMILES string of the molecule is COc1ccccc1/C=C/C(=O)Nc1cccc(S(=O)(=O)NC2=NCCCCC2)c1. The number of rotatable bonds is 6. The van der Waals surface area contributed by atoms with Crippen LogP contribution in [-0.2, 0) is 14.8 Å². The molecule has 1 heterocycles. The standard InChI is InChI=1S/C22H25N3O4S/c1-29-20-11-5-4-8-17(20)13-14-22(26)24-18-9-7-10-19(16-18)30(27,28)25-21-12-3-2-6-15-23-21/h4-5,7-11,13-14,16H,2-3,6,12,15H2,1H3,(H,23,25)(H,24,26)/b14-13+. The first kappa shape index (κ1) is 21.6. The third-order valence-corrected chi connectivity index (χ3v) is 5.97. The van der Waals surface area contributed by atoms with Gasteiger partial charge in [0.1, 0.15) is 11.6 Å². The number of anilines is 1. The van der Waals surface area contributed by atoms with Gasteiger partial charge >= 0.3 is 0 Å². The van der Waals surface area contributed by atoms with Gasteiger partial charge in [0.05, 0.1) is 12.0 Å². The highest BCUT2D eigenvalue weighted by Gasteiger charge is 2.17. The number of amides is 1. The number of sulfonamides is 1. The van der Waals surface area contributed by atoms with Crippen LogP contribution in [0.5, 0.6) is 5.75 Å². The van der Waals surface area contributed by atoms with Crippen molar-refractivity contribution >= 4 is 33.5 Å². The predicted octanol–water partition coefficient (Wildman–Crippen LogP) is 3.60. The summed E-state index contributed by atoms with van der Waals surface area (Å²) >= 11 is 0. The Morgan fingerprint density at radius 2 is 1.93 bits per heavy atom. The van der Waals surface area contributed by atoms with Gasteiger partial charge in [0.2, 0.25) is 5.91 Å². The van der Waals surface area contributed by atoms with E-state index < -0.39 is 10.0 Å². The van der Waals surface area contributed by atoms with Crippen molar-refractivity contribution in [2.75, 3.05) is 19.0 Å². The van der Waals surface area contributed by atoms with Gasteiger partial charge in [0.25, 0.3) is 10.0 Å². The van der Waals surface area contributed by atoms with Crippen LogP contribution < -0.4 is 14.8 Å². The summed E-state index contributed by atoms with van der Waals surface area (Å²) in [6.07, 6.45) is 6.55. The van der Waals surface area contributed by atoms with Crippen LogP contribution in [0, 0.1) is 0 Å². The highest BCUT2D eigenvalue weighted by Crippen LogP contribution is 2.19. The van der Waals surface area contributed by atoms with Crippen LogP contribution in [0.3, 0.4) is 0 Å². The molecule has 0 aliphatic carbocycles. The second-order valence-corrected chi connectivity index (χ2v) is 8.52. The summed E-state index contributed by atoms with van der Waals surface area (Å²) in [7, 11) is -2.20. The number of para-hydroxylation sites is 1. The van der Waals surface area contributed by atoms with Crippen molar-refractivity contribution in [2.45, 2.75) is 30.6 Å².